The summed E-state index contributed by atoms with van der Waals surface area (Å²) in [6.07, 6.45) is 2.96. The third-order valence-corrected chi connectivity index (χ3v) is 5.17. The lowest BCUT2D eigenvalue weighted by molar-refractivity contribution is -0.122. The van der Waals surface area contributed by atoms with E-state index in [1.807, 2.05) is 13.8 Å². The summed E-state index contributed by atoms with van der Waals surface area (Å²) in [6, 6.07) is 0.698. The summed E-state index contributed by atoms with van der Waals surface area (Å²) >= 11 is 0. The van der Waals surface area contributed by atoms with E-state index in [4.69, 9.17) is 0 Å². The normalized spacial score (nSPS) is 20.8. The molecule has 7 heteroatoms. The van der Waals surface area contributed by atoms with Crippen LogP contribution in [0.4, 0.5) is 0 Å². The molecule has 0 aliphatic carbocycles. The molecule has 3 N–H and O–H groups in total. The van der Waals surface area contributed by atoms with E-state index in [1.54, 1.807) is 11.7 Å². The standard InChI is InChI=1S/C18H27N5O2/c1-10-9-13(7-8-19-10)21-15(24)6-5-14-11(2)16-17(20-12(14)3)23(4)22-18(16)25/h10,13,19H,5-9H2,1-4H3,(H,21,24)(H,22,25). The number of aromatic amines is 1. The molecule has 2 aromatic heterocycles. The van der Waals surface area contributed by atoms with Gasteiger partial charge in [-0.1, -0.05) is 0 Å². The Morgan fingerprint density at radius 2 is 2.16 bits per heavy atom. The highest BCUT2D eigenvalue weighted by molar-refractivity contribution is 5.81. The van der Waals surface area contributed by atoms with Crippen LogP contribution in [0.2, 0.25) is 0 Å². The molecule has 0 spiro atoms. The van der Waals surface area contributed by atoms with E-state index in [0.29, 0.717) is 29.9 Å². The van der Waals surface area contributed by atoms with E-state index in [2.05, 4.69) is 27.6 Å². The summed E-state index contributed by atoms with van der Waals surface area (Å²) in [5.74, 6) is 0.0694. The van der Waals surface area contributed by atoms with Crippen molar-refractivity contribution in [3.05, 3.63) is 27.2 Å². The number of carbonyl (C=O) groups excluding carboxylic acids is 1. The van der Waals surface area contributed by atoms with Gasteiger partial charge < -0.3 is 10.6 Å². The molecule has 2 unspecified atom stereocenters. The zero-order valence-electron chi connectivity index (χ0n) is 15.4. The van der Waals surface area contributed by atoms with Crippen molar-refractivity contribution < 1.29 is 4.79 Å². The number of nitrogens with zero attached hydrogens (tertiary/aromatic N) is 2. The maximum Gasteiger partial charge on any atom is 0.273 e. The van der Waals surface area contributed by atoms with Crippen molar-refractivity contribution in [2.24, 2.45) is 7.05 Å². The first-order valence-corrected chi connectivity index (χ1v) is 8.94. The quantitative estimate of drug-likeness (QED) is 0.773. The number of piperidine rings is 1. The third-order valence-electron chi connectivity index (χ3n) is 5.17. The zero-order chi connectivity index (χ0) is 18.1. The molecule has 3 rings (SSSR count). The van der Waals surface area contributed by atoms with Gasteiger partial charge in [-0.2, -0.15) is 0 Å². The number of hydrogen-bond donors (Lipinski definition) is 3. The number of nitrogens with one attached hydrogen (secondary N) is 3. The highest BCUT2D eigenvalue weighted by Crippen LogP contribution is 2.21. The molecular weight excluding hydrogens is 318 g/mol. The average molecular weight is 345 g/mol. The van der Waals surface area contributed by atoms with Crippen molar-refractivity contribution >= 4 is 16.9 Å². The van der Waals surface area contributed by atoms with Gasteiger partial charge in [0.15, 0.2) is 5.65 Å². The zero-order valence-corrected chi connectivity index (χ0v) is 15.4. The summed E-state index contributed by atoms with van der Waals surface area (Å²) in [5.41, 5.74) is 3.34. The fourth-order valence-corrected chi connectivity index (χ4v) is 3.82. The highest BCUT2D eigenvalue weighted by atomic mass is 16.1. The first-order valence-electron chi connectivity index (χ1n) is 8.94. The van der Waals surface area contributed by atoms with Crippen molar-refractivity contribution in [2.75, 3.05) is 6.54 Å². The predicted molar refractivity (Wildman–Crippen MR) is 97.8 cm³/mol. The van der Waals surface area contributed by atoms with Gasteiger partial charge in [0.1, 0.15) is 0 Å². The Balaban J connectivity index is 1.71. The largest absolute Gasteiger partial charge is 0.353 e. The fourth-order valence-electron chi connectivity index (χ4n) is 3.82. The number of aromatic nitrogens is 3. The molecule has 2 atom stereocenters. The number of pyridine rings is 1. The molecule has 136 valence electrons. The monoisotopic (exact) mass is 345 g/mol. The van der Waals surface area contributed by atoms with Crippen LogP contribution in [0.5, 0.6) is 0 Å². The Morgan fingerprint density at radius 1 is 1.40 bits per heavy atom. The number of carbonyl (C=O) groups is 1. The lowest BCUT2D eigenvalue weighted by Crippen LogP contribution is -2.46. The van der Waals surface area contributed by atoms with E-state index < -0.39 is 0 Å². The first-order chi connectivity index (χ1) is 11.9. The highest BCUT2D eigenvalue weighted by Gasteiger charge is 2.20. The molecule has 25 heavy (non-hydrogen) atoms. The predicted octanol–water partition coefficient (Wildman–Crippen LogP) is 1.07. The van der Waals surface area contributed by atoms with Crippen LogP contribution in [0, 0.1) is 13.8 Å². The minimum Gasteiger partial charge on any atom is -0.353 e. The van der Waals surface area contributed by atoms with Crippen LogP contribution in [0.3, 0.4) is 0 Å². The maximum atomic E-state index is 12.3. The van der Waals surface area contributed by atoms with Gasteiger partial charge in [-0.15, -0.1) is 0 Å². The Labute approximate surface area is 147 Å². The second-order valence-electron chi connectivity index (χ2n) is 7.14. The van der Waals surface area contributed by atoms with Crippen LogP contribution < -0.4 is 16.2 Å². The van der Waals surface area contributed by atoms with Gasteiger partial charge in [-0.3, -0.25) is 19.4 Å². The SMILES string of the molecule is Cc1nc2c(c(C)c1CCC(=O)NC1CCNC(C)C1)c(=O)[nH]n2C. The van der Waals surface area contributed by atoms with E-state index in [0.717, 1.165) is 36.2 Å². The molecule has 1 fully saturated rings. The molecule has 0 bridgehead atoms. The van der Waals surface area contributed by atoms with Crippen molar-refractivity contribution in [1.29, 1.82) is 0 Å². The summed E-state index contributed by atoms with van der Waals surface area (Å²) < 4.78 is 1.65. The summed E-state index contributed by atoms with van der Waals surface area (Å²) in [7, 11) is 1.78. The van der Waals surface area contributed by atoms with Crippen LogP contribution in [0.15, 0.2) is 4.79 Å². The van der Waals surface area contributed by atoms with E-state index >= 15 is 0 Å². The number of rotatable bonds is 4. The fraction of sp³-hybridized carbons (Fsp3) is 0.611. The topological polar surface area (TPSA) is 91.8 Å². The maximum absolute atomic E-state index is 12.3. The second kappa shape index (κ2) is 7.00. The molecule has 1 aliphatic rings. The van der Waals surface area contributed by atoms with Gasteiger partial charge in [0.25, 0.3) is 5.56 Å². The van der Waals surface area contributed by atoms with Crippen molar-refractivity contribution in [3.8, 4) is 0 Å². The first kappa shape index (κ1) is 17.7. The van der Waals surface area contributed by atoms with Crippen molar-refractivity contribution in [1.82, 2.24) is 25.4 Å². The van der Waals surface area contributed by atoms with Gasteiger partial charge in [-0.25, -0.2) is 4.98 Å². The molecule has 0 saturated carbocycles. The summed E-state index contributed by atoms with van der Waals surface area (Å²) in [4.78, 5) is 29.0. The lowest BCUT2D eigenvalue weighted by Gasteiger charge is -2.28. The van der Waals surface area contributed by atoms with Crippen LogP contribution in [-0.2, 0) is 18.3 Å². The number of H-pyrrole nitrogens is 1. The van der Waals surface area contributed by atoms with Gasteiger partial charge in [0.2, 0.25) is 5.91 Å². The van der Waals surface area contributed by atoms with Gasteiger partial charge in [-0.05, 0) is 57.7 Å². The van der Waals surface area contributed by atoms with Crippen molar-refractivity contribution in [2.45, 2.75) is 58.5 Å². The molecular formula is C18H27N5O2. The number of fused-ring (bicyclic) bond motifs is 1. The molecule has 1 aliphatic heterocycles. The van der Waals surface area contributed by atoms with Crippen LogP contribution in [0.25, 0.3) is 11.0 Å². The molecule has 7 nitrogen and oxygen atoms in total. The molecule has 3 heterocycles. The van der Waals surface area contributed by atoms with Gasteiger partial charge in [0, 0.05) is 31.2 Å². The Morgan fingerprint density at radius 3 is 2.88 bits per heavy atom. The smallest absolute Gasteiger partial charge is 0.273 e. The molecule has 0 aromatic carbocycles. The number of aryl methyl sites for hydroxylation is 3. The van der Waals surface area contributed by atoms with Crippen LogP contribution in [-0.4, -0.2) is 39.3 Å². The van der Waals surface area contributed by atoms with E-state index in [1.165, 1.54) is 0 Å². The third kappa shape index (κ3) is 3.61. The second-order valence-corrected chi connectivity index (χ2v) is 7.14. The van der Waals surface area contributed by atoms with Gasteiger partial charge >= 0.3 is 0 Å². The molecule has 0 radical (unpaired) electrons. The van der Waals surface area contributed by atoms with E-state index in [9.17, 15) is 9.59 Å². The van der Waals surface area contributed by atoms with Crippen LogP contribution >= 0.6 is 0 Å². The van der Waals surface area contributed by atoms with Crippen LogP contribution in [0.1, 0.15) is 43.0 Å². The van der Waals surface area contributed by atoms with E-state index in [-0.39, 0.29) is 17.5 Å². The molecule has 1 saturated heterocycles. The number of hydrogen-bond acceptors (Lipinski definition) is 4. The average Bonchev–Trinajstić information content (AvgIpc) is 2.81. The Bertz CT molecular complexity index is 851. The Kier molecular flexibility index (Phi) is 4.94. The molecule has 2 aromatic rings. The lowest BCUT2D eigenvalue weighted by atomic mass is 9.98. The summed E-state index contributed by atoms with van der Waals surface area (Å²) in [6.45, 7) is 6.96. The number of amides is 1. The molecule has 1 amide bonds. The Hall–Kier alpha value is -2.15. The minimum atomic E-state index is -0.128. The summed E-state index contributed by atoms with van der Waals surface area (Å²) in [5, 5.41) is 9.90. The minimum absolute atomic E-state index is 0.0694. The van der Waals surface area contributed by atoms with Crippen molar-refractivity contribution in [3.63, 3.8) is 0 Å². The van der Waals surface area contributed by atoms with Gasteiger partial charge in [0.05, 0.1) is 5.39 Å².